The van der Waals surface area contributed by atoms with Gasteiger partial charge in [0, 0.05) is 24.1 Å². The van der Waals surface area contributed by atoms with E-state index < -0.39 is 0 Å². The molecule has 1 aromatic carbocycles. The van der Waals surface area contributed by atoms with Crippen LogP contribution in [0.2, 0.25) is 0 Å². The average molecular weight is 366 g/mol. The fourth-order valence-electron chi connectivity index (χ4n) is 2.41. The molecule has 0 aliphatic carbocycles. The highest BCUT2D eigenvalue weighted by Crippen LogP contribution is 2.20. The smallest absolute Gasteiger partial charge is 0.271 e. The zero-order valence-electron chi connectivity index (χ0n) is 14.3. The molecule has 0 aliphatic heterocycles. The lowest BCUT2D eigenvalue weighted by Gasteiger charge is -2.05. The summed E-state index contributed by atoms with van der Waals surface area (Å²) >= 11 is 1.67. The van der Waals surface area contributed by atoms with E-state index in [0.29, 0.717) is 29.3 Å². The number of furan rings is 1. The number of nitrogens with zero attached hydrogens (tertiary/aromatic N) is 2. The van der Waals surface area contributed by atoms with E-state index in [-0.39, 0.29) is 5.91 Å². The number of aryl methyl sites for hydroxylation is 1. The third-order valence-electron chi connectivity index (χ3n) is 3.74. The fourth-order valence-corrected chi connectivity index (χ4v) is 3.27. The third-order valence-corrected chi connectivity index (χ3v) is 4.75. The number of benzene rings is 1. The van der Waals surface area contributed by atoms with Crippen molar-refractivity contribution in [2.24, 2.45) is 0 Å². The molecule has 7 heteroatoms. The zero-order chi connectivity index (χ0) is 18.4. The quantitative estimate of drug-likeness (QED) is 0.624. The van der Waals surface area contributed by atoms with Crippen LogP contribution in [0.4, 0.5) is 0 Å². The Morgan fingerprint density at radius 2 is 2.19 bits per heavy atom. The molecule has 132 valence electrons. The highest BCUT2D eigenvalue weighted by molar-refractivity contribution is 7.98. The molecule has 1 amide bonds. The van der Waals surface area contributed by atoms with Gasteiger partial charge in [-0.3, -0.25) is 9.89 Å². The number of aromatic amines is 1. The van der Waals surface area contributed by atoms with Crippen LogP contribution in [0, 0.1) is 18.3 Å². The first-order valence-electron chi connectivity index (χ1n) is 8.13. The number of rotatable bonds is 7. The number of nitriles is 1. The first-order valence-corrected chi connectivity index (χ1v) is 9.29. The first kappa shape index (κ1) is 17.8. The molecule has 3 aromatic rings. The molecule has 2 N–H and O–H groups in total. The van der Waals surface area contributed by atoms with Gasteiger partial charge in [-0.1, -0.05) is 18.2 Å². The normalized spacial score (nSPS) is 10.5. The van der Waals surface area contributed by atoms with Crippen molar-refractivity contribution in [2.45, 2.75) is 12.7 Å². The number of hydrogen-bond acceptors (Lipinski definition) is 5. The number of hydrogen-bond donors (Lipinski definition) is 2. The molecule has 0 bridgehead atoms. The molecule has 0 unspecified atom stereocenters. The Bertz CT molecular complexity index is 939. The molecule has 0 saturated carbocycles. The fraction of sp³-hybridized carbons (Fsp3) is 0.211. The first-order chi connectivity index (χ1) is 12.7. The molecule has 2 heterocycles. The molecule has 0 radical (unpaired) electrons. The summed E-state index contributed by atoms with van der Waals surface area (Å²) in [7, 11) is 0. The van der Waals surface area contributed by atoms with E-state index in [1.807, 2.05) is 43.3 Å². The Morgan fingerprint density at radius 3 is 2.96 bits per heavy atom. The summed E-state index contributed by atoms with van der Waals surface area (Å²) in [6, 6.07) is 15.1. The van der Waals surface area contributed by atoms with Crippen molar-refractivity contribution in [3.8, 4) is 17.5 Å². The SMILES string of the molecule is Cc1ccc(-c2cc(C(=O)NCCSCc3ccccc3C#N)n[nH]2)o1. The van der Waals surface area contributed by atoms with Crippen molar-refractivity contribution in [3.63, 3.8) is 0 Å². The van der Waals surface area contributed by atoms with Gasteiger partial charge in [0.15, 0.2) is 11.5 Å². The van der Waals surface area contributed by atoms with Gasteiger partial charge < -0.3 is 9.73 Å². The van der Waals surface area contributed by atoms with Gasteiger partial charge in [-0.15, -0.1) is 0 Å². The number of nitrogens with one attached hydrogen (secondary N) is 2. The van der Waals surface area contributed by atoms with Gasteiger partial charge in [-0.05, 0) is 30.7 Å². The molecule has 0 spiro atoms. The maximum atomic E-state index is 12.2. The summed E-state index contributed by atoms with van der Waals surface area (Å²) in [5.74, 6) is 2.72. The minimum Gasteiger partial charge on any atom is -0.460 e. The summed E-state index contributed by atoms with van der Waals surface area (Å²) in [6.07, 6.45) is 0. The second kappa shape index (κ2) is 8.41. The predicted octanol–water partition coefficient (Wildman–Crippen LogP) is 3.51. The molecule has 6 nitrogen and oxygen atoms in total. The lowest BCUT2D eigenvalue weighted by molar-refractivity contribution is 0.0951. The van der Waals surface area contributed by atoms with Gasteiger partial charge >= 0.3 is 0 Å². The van der Waals surface area contributed by atoms with Crippen molar-refractivity contribution in [1.29, 1.82) is 5.26 Å². The van der Waals surface area contributed by atoms with Crippen LogP contribution in [-0.2, 0) is 5.75 Å². The largest absolute Gasteiger partial charge is 0.460 e. The van der Waals surface area contributed by atoms with Gasteiger partial charge in [-0.25, -0.2) is 0 Å². The summed E-state index contributed by atoms with van der Waals surface area (Å²) in [6.45, 7) is 2.39. The van der Waals surface area contributed by atoms with Crippen LogP contribution in [-0.4, -0.2) is 28.4 Å². The molecular weight excluding hydrogens is 348 g/mol. The van der Waals surface area contributed by atoms with Crippen molar-refractivity contribution in [2.75, 3.05) is 12.3 Å². The maximum absolute atomic E-state index is 12.2. The van der Waals surface area contributed by atoms with Gasteiger partial charge in [-0.2, -0.15) is 22.1 Å². The number of H-pyrrole nitrogens is 1. The number of carbonyl (C=O) groups excluding carboxylic acids is 1. The average Bonchev–Trinajstić information content (AvgIpc) is 3.30. The van der Waals surface area contributed by atoms with Crippen LogP contribution in [0.5, 0.6) is 0 Å². The molecular formula is C19H18N4O2S. The monoisotopic (exact) mass is 366 g/mol. The Kier molecular flexibility index (Phi) is 5.77. The predicted molar refractivity (Wildman–Crippen MR) is 101 cm³/mol. The Balaban J connectivity index is 1.45. The minimum atomic E-state index is -0.228. The van der Waals surface area contributed by atoms with Crippen LogP contribution >= 0.6 is 11.8 Å². The van der Waals surface area contributed by atoms with E-state index >= 15 is 0 Å². The van der Waals surface area contributed by atoms with E-state index in [0.717, 1.165) is 22.8 Å². The van der Waals surface area contributed by atoms with Crippen LogP contribution in [0.3, 0.4) is 0 Å². The topological polar surface area (TPSA) is 94.7 Å². The second-order valence-corrected chi connectivity index (χ2v) is 6.76. The van der Waals surface area contributed by atoms with Gasteiger partial charge in [0.2, 0.25) is 0 Å². The Labute approximate surface area is 155 Å². The highest BCUT2D eigenvalue weighted by Gasteiger charge is 2.12. The zero-order valence-corrected chi connectivity index (χ0v) is 15.1. The van der Waals surface area contributed by atoms with Crippen molar-refractivity contribution >= 4 is 17.7 Å². The van der Waals surface area contributed by atoms with Gasteiger partial charge in [0.25, 0.3) is 5.91 Å². The van der Waals surface area contributed by atoms with E-state index in [1.165, 1.54) is 0 Å². The molecule has 0 atom stereocenters. The van der Waals surface area contributed by atoms with E-state index in [2.05, 4.69) is 21.6 Å². The van der Waals surface area contributed by atoms with E-state index in [4.69, 9.17) is 9.68 Å². The van der Waals surface area contributed by atoms with Gasteiger partial charge in [0.05, 0.1) is 11.6 Å². The van der Waals surface area contributed by atoms with Crippen molar-refractivity contribution in [3.05, 3.63) is 65.0 Å². The van der Waals surface area contributed by atoms with E-state index in [9.17, 15) is 4.79 Å². The Morgan fingerprint density at radius 1 is 1.35 bits per heavy atom. The third kappa shape index (κ3) is 4.35. The van der Waals surface area contributed by atoms with Crippen LogP contribution in [0.15, 0.2) is 46.9 Å². The second-order valence-electron chi connectivity index (χ2n) is 5.65. The lowest BCUT2D eigenvalue weighted by Crippen LogP contribution is -2.26. The van der Waals surface area contributed by atoms with Crippen molar-refractivity contribution in [1.82, 2.24) is 15.5 Å². The summed E-state index contributed by atoms with van der Waals surface area (Å²) < 4.78 is 5.51. The number of aromatic nitrogens is 2. The summed E-state index contributed by atoms with van der Waals surface area (Å²) in [5, 5.41) is 18.8. The molecule has 26 heavy (non-hydrogen) atoms. The van der Waals surface area contributed by atoms with Crippen molar-refractivity contribution < 1.29 is 9.21 Å². The maximum Gasteiger partial charge on any atom is 0.271 e. The van der Waals surface area contributed by atoms with Crippen LogP contribution in [0.1, 0.15) is 27.4 Å². The highest BCUT2D eigenvalue weighted by atomic mass is 32.2. The summed E-state index contributed by atoms with van der Waals surface area (Å²) in [5.41, 5.74) is 2.71. The van der Waals surface area contributed by atoms with E-state index in [1.54, 1.807) is 17.8 Å². The molecule has 2 aromatic heterocycles. The number of thioether (sulfide) groups is 1. The molecule has 3 rings (SSSR count). The lowest BCUT2D eigenvalue weighted by atomic mass is 10.1. The minimum absolute atomic E-state index is 0.228. The van der Waals surface area contributed by atoms with Crippen LogP contribution < -0.4 is 5.32 Å². The summed E-state index contributed by atoms with van der Waals surface area (Å²) in [4.78, 5) is 12.2. The number of carbonyl (C=O) groups is 1. The molecule has 0 fully saturated rings. The van der Waals surface area contributed by atoms with Gasteiger partial charge in [0.1, 0.15) is 11.5 Å². The Hall–Kier alpha value is -2.98. The standard InChI is InChI=1S/C19H18N4O2S/c1-13-6-7-18(25-13)16-10-17(23-22-16)19(24)21-8-9-26-12-15-5-3-2-4-14(15)11-20/h2-7,10H,8-9,12H2,1H3,(H,21,24)(H,22,23). The number of amides is 1. The molecule has 0 aliphatic rings. The molecule has 0 saturated heterocycles. The van der Waals surface area contributed by atoms with Crippen LogP contribution in [0.25, 0.3) is 11.5 Å².